The average Bonchev–Trinajstić information content (AvgIpc) is 2.92. The first-order valence-corrected chi connectivity index (χ1v) is 6.42. The van der Waals surface area contributed by atoms with E-state index in [-0.39, 0.29) is 18.2 Å². The van der Waals surface area contributed by atoms with Crippen molar-refractivity contribution >= 4 is 6.09 Å². The maximum atomic E-state index is 12.1. The second kappa shape index (κ2) is 4.19. The molecule has 104 valence electrons. The largest absolute Gasteiger partial charge is 0.444 e. The van der Waals surface area contributed by atoms with Gasteiger partial charge in [0.05, 0.1) is 37.2 Å². The zero-order valence-corrected chi connectivity index (χ0v) is 11.4. The van der Waals surface area contributed by atoms with E-state index in [1.165, 1.54) is 0 Å². The molecule has 1 amide bonds. The van der Waals surface area contributed by atoms with E-state index in [1.807, 2.05) is 25.5 Å². The van der Waals surface area contributed by atoms with Gasteiger partial charge in [-0.3, -0.25) is 0 Å². The minimum atomic E-state index is -0.482. The predicted octanol–water partition coefficient (Wildman–Crippen LogP) is 0.969. The minimum absolute atomic E-state index is 0.0262. The zero-order chi connectivity index (χ0) is 13.6. The van der Waals surface area contributed by atoms with Gasteiger partial charge in [0, 0.05) is 6.54 Å². The number of amides is 1. The van der Waals surface area contributed by atoms with Gasteiger partial charge in [-0.1, -0.05) is 5.21 Å². The monoisotopic (exact) mass is 266 g/mol. The van der Waals surface area contributed by atoms with Crippen molar-refractivity contribution in [3.8, 4) is 0 Å². The number of rotatable bonds is 0. The first-order valence-electron chi connectivity index (χ1n) is 6.42. The molecule has 0 aliphatic carbocycles. The summed E-state index contributed by atoms with van der Waals surface area (Å²) in [5.41, 5.74) is 0.469. The molecule has 1 aromatic rings. The Labute approximate surface area is 111 Å². The lowest BCUT2D eigenvalue weighted by atomic mass is 10.2. The Morgan fingerprint density at radius 3 is 3.00 bits per heavy atom. The maximum absolute atomic E-state index is 12.1. The number of aromatic nitrogens is 3. The maximum Gasteiger partial charge on any atom is 0.410 e. The lowest BCUT2D eigenvalue weighted by molar-refractivity contribution is -0.00742. The molecule has 0 aromatic carbocycles. The van der Waals surface area contributed by atoms with E-state index in [2.05, 4.69) is 10.3 Å². The highest BCUT2D eigenvalue weighted by molar-refractivity contribution is 5.68. The van der Waals surface area contributed by atoms with Crippen LogP contribution in [0, 0.1) is 0 Å². The fraction of sp³-hybridized carbons (Fsp3) is 0.750. The number of nitrogens with zero attached hydrogens (tertiary/aromatic N) is 4. The molecule has 0 N–H and O–H groups in total. The van der Waals surface area contributed by atoms with Gasteiger partial charge in [0.2, 0.25) is 0 Å². The van der Waals surface area contributed by atoms with Gasteiger partial charge in [-0.05, 0) is 20.8 Å². The molecule has 2 atom stereocenters. The Balaban J connectivity index is 1.72. The van der Waals surface area contributed by atoms with E-state index in [0.29, 0.717) is 19.7 Å². The number of fused-ring (bicyclic) bond motifs is 3. The van der Waals surface area contributed by atoms with Gasteiger partial charge in [-0.2, -0.15) is 0 Å². The van der Waals surface area contributed by atoms with Crippen LogP contribution in [0.4, 0.5) is 4.79 Å². The van der Waals surface area contributed by atoms with E-state index in [0.717, 1.165) is 5.69 Å². The molecule has 7 nitrogen and oxygen atoms in total. The second-order valence-corrected chi connectivity index (χ2v) is 5.97. The first-order chi connectivity index (χ1) is 8.94. The summed E-state index contributed by atoms with van der Waals surface area (Å²) < 4.78 is 13.0. The molecule has 0 saturated carbocycles. The number of ether oxygens (including phenoxy) is 2. The Morgan fingerprint density at radius 2 is 2.26 bits per heavy atom. The molecular formula is C12H18N4O3. The third-order valence-electron chi connectivity index (χ3n) is 3.30. The van der Waals surface area contributed by atoms with Crippen LogP contribution in [-0.2, 0) is 16.1 Å². The van der Waals surface area contributed by atoms with Gasteiger partial charge in [0.1, 0.15) is 5.60 Å². The molecule has 3 rings (SSSR count). The summed E-state index contributed by atoms with van der Waals surface area (Å²) in [4.78, 5) is 13.7. The van der Waals surface area contributed by atoms with Crippen LogP contribution in [0.5, 0.6) is 0 Å². The molecule has 2 aliphatic heterocycles. The lowest BCUT2D eigenvalue weighted by Crippen LogP contribution is -2.36. The van der Waals surface area contributed by atoms with Crippen molar-refractivity contribution in [2.45, 2.75) is 45.1 Å². The van der Waals surface area contributed by atoms with Crippen LogP contribution in [-0.4, -0.2) is 50.8 Å². The molecule has 19 heavy (non-hydrogen) atoms. The highest BCUT2D eigenvalue weighted by Gasteiger charge is 2.42. The molecule has 1 unspecified atom stereocenters. The Morgan fingerprint density at radius 1 is 1.47 bits per heavy atom. The molecule has 0 radical (unpaired) electrons. The van der Waals surface area contributed by atoms with Crippen molar-refractivity contribution in [1.82, 2.24) is 19.9 Å². The van der Waals surface area contributed by atoms with Crippen LogP contribution >= 0.6 is 0 Å². The summed E-state index contributed by atoms with van der Waals surface area (Å²) in [7, 11) is 0. The average molecular weight is 266 g/mol. The minimum Gasteiger partial charge on any atom is -0.444 e. The summed E-state index contributed by atoms with van der Waals surface area (Å²) >= 11 is 0. The third-order valence-corrected chi connectivity index (χ3v) is 3.30. The SMILES string of the molecule is CC(C)(C)OC(=O)N1CC2[C@H](C1)OCc1cnnn12. The first kappa shape index (κ1) is 12.4. The smallest absolute Gasteiger partial charge is 0.410 e. The summed E-state index contributed by atoms with van der Waals surface area (Å²) in [6.07, 6.45) is 1.38. The third kappa shape index (κ3) is 2.30. The van der Waals surface area contributed by atoms with E-state index in [4.69, 9.17) is 9.47 Å². The predicted molar refractivity (Wildman–Crippen MR) is 65.4 cm³/mol. The van der Waals surface area contributed by atoms with Crippen molar-refractivity contribution in [2.75, 3.05) is 13.1 Å². The van der Waals surface area contributed by atoms with Crippen LogP contribution in [0.2, 0.25) is 0 Å². The van der Waals surface area contributed by atoms with Gasteiger partial charge < -0.3 is 14.4 Å². The molecule has 2 aliphatic rings. The molecule has 1 aromatic heterocycles. The second-order valence-electron chi connectivity index (χ2n) is 5.97. The van der Waals surface area contributed by atoms with Crippen LogP contribution in [0.1, 0.15) is 32.5 Å². The highest BCUT2D eigenvalue weighted by Crippen LogP contribution is 2.30. The number of likely N-dealkylation sites (tertiary alicyclic amines) is 1. The van der Waals surface area contributed by atoms with Crippen molar-refractivity contribution in [3.05, 3.63) is 11.9 Å². The number of hydrogen-bond donors (Lipinski definition) is 0. The Hall–Kier alpha value is -1.63. The molecule has 1 fully saturated rings. The van der Waals surface area contributed by atoms with Gasteiger partial charge >= 0.3 is 6.09 Å². The topological polar surface area (TPSA) is 69.5 Å². The quantitative estimate of drug-likeness (QED) is 0.699. The molecule has 0 bridgehead atoms. The van der Waals surface area contributed by atoms with Crippen LogP contribution in [0.25, 0.3) is 0 Å². The van der Waals surface area contributed by atoms with Gasteiger partial charge in [0.25, 0.3) is 0 Å². The van der Waals surface area contributed by atoms with Crippen molar-refractivity contribution in [2.24, 2.45) is 0 Å². The normalized spacial score (nSPS) is 25.9. The summed E-state index contributed by atoms with van der Waals surface area (Å²) in [6, 6.07) is 0.0405. The zero-order valence-electron chi connectivity index (χ0n) is 11.4. The fourth-order valence-electron chi connectivity index (χ4n) is 2.47. The van der Waals surface area contributed by atoms with Gasteiger partial charge in [-0.15, -0.1) is 5.10 Å². The van der Waals surface area contributed by atoms with Crippen LogP contribution in [0.3, 0.4) is 0 Å². The van der Waals surface area contributed by atoms with E-state index < -0.39 is 5.60 Å². The Kier molecular flexibility index (Phi) is 2.74. The number of carbonyl (C=O) groups excluding carboxylic acids is 1. The van der Waals surface area contributed by atoms with Crippen molar-refractivity contribution < 1.29 is 14.3 Å². The highest BCUT2D eigenvalue weighted by atomic mass is 16.6. The Bertz CT molecular complexity index is 493. The molecule has 1 saturated heterocycles. The summed E-state index contributed by atoms with van der Waals surface area (Å²) in [6.45, 7) is 7.17. The van der Waals surface area contributed by atoms with Gasteiger partial charge in [-0.25, -0.2) is 9.48 Å². The fourth-order valence-corrected chi connectivity index (χ4v) is 2.47. The molecule has 3 heterocycles. The van der Waals surface area contributed by atoms with Crippen molar-refractivity contribution in [1.29, 1.82) is 0 Å². The van der Waals surface area contributed by atoms with Gasteiger partial charge in [0.15, 0.2) is 0 Å². The number of hydrogen-bond acceptors (Lipinski definition) is 5. The van der Waals surface area contributed by atoms with E-state index >= 15 is 0 Å². The number of carbonyl (C=O) groups is 1. The lowest BCUT2D eigenvalue weighted by Gasteiger charge is -2.25. The van der Waals surface area contributed by atoms with Crippen molar-refractivity contribution in [3.63, 3.8) is 0 Å². The summed E-state index contributed by atoms with van der Waals surface area (Å²) in [5.74, 6) is 0. The van der Waals surface area contributed by atoms with Crippen LogP contribution < -0.4 is 0 Å². The van der Waals surface area contributed by atoms with Crippen LogP contribution in [0.15, 0.2) is 6.20 Å². The summed E-state index contributed by atoms with van der Waals surface area (Å²) in [5, 5.41) is 7.97. The molecule has 7 heteroatoms. The molecular weight excluding hydrogens is 248 g/mol. The van der Waals surface area contributed by atoms with E-state index in [9.17, 15) is 4.79 Å². The molecule has 0 spiro atoms. The standard InChI is InChI=1S/C12H18N4O3/c1-12(2,3)19-11(17)15-5-9-10(6-15)18-7-8-4-13-14-16(8)9/h4,9-10H,5-7H2,1-3H3/t9?,10-/m0/s1. The van der Waals surface area contributed by atoms with E-state index in [1.54, 1.807) is 11.1 Å².